The molecule has 1 aromatic carbocycles. The number of sulfonamides is 1. The van der Waals surface area contributed by atoms with Gasteiger partial charge in [0, 0.05) is 22.0 Å². The lowest BCUT2D eigenvalue weighted by molar-refractivity contribution is 0.597. The van der Waals surface area contributed by atoms with Crippen molar-refractivity contribution in [1.82, 2.24) is 9.55 Å². The highest BCUT2D eigenvalue weighted by atomic mass is 127. The Labute approximate surface area is 132 Å². The van der Waals surface area contributed by atoms with Crippen LogP contribution >= 0.6 is 22.6 Å². The Morgan fingerprint density at radius 3 is 2.80 bits per heavy atom. The maximum absolute atomic E-state index is 12.3. The molecule has 0 spiro atoms. The van der Waals surface area contributed by atoms with Crippen molar-refractivity contribution in [2.24, 2.45) is 0 Å². The monoisotopic (exact) mass is 405 g/mol. The number of hydrogen-bond donors (Lipinski definition) is 1. The maximum Gasteiger partial charge on any atom is 0.280 e. The standard InChI is InChI=1S/C13H16IN3O2S/c1-3-7-17-9-13(15-10(17)2)20(18,19)16-12-6-4-5-11(14)8-12/h4-6,8-9,16H,3,7H2,1-2H3. The van der Waals surface area contributed by atoms with Gasteiger partial charge in [-0.25, -0.2) is 4.98 Å². The van der Waals surface area contributed by atoms with Crippen LogP contribution in [0.5, 0.6) is 0 Å². The molecule has 7 heteroatoms. The fourth-order valence-corrected chi connectivity index (χ4v) is 3.44. The Hall–Kier alpha value is -1.09. The molecular formula is C13H16IN3O2S. The van der Waals surface area contributed by atoms with Gasteiger partial charge in [-0.1, -0.05) is 13.0 Å². The van der Waals surface area contributed by atoms with Crippen molar-refractivity contribution in [2.45, 2.75) is 31.8 Å². The van der Waals surface area contributed by atoms with Crippen LogP contribution in [0.2, 0.25) is 0 Å². The predicted octanol–water partition coefficient (Wildman–Crippen LogP) is 3.01. The molecule has 0 radical (unpaired) electrons. The first kappa shape index (κ1) is 15.3. The van der Waals surface area contributed by atoms with Gasteiger partial charge >= 0.3 is 0 Å². The summed E-state index contributed by atoms with van der Waals surface area (Å²) in [6, 6.07) is 7.20. The first-order valence-electron chi connectivity index (χ1n) is 6.24. The number of halogens is 1. The van der Waals surface area contributed by atoms with Gasteiger partial charge in [-0.05, 0) is 54.1 Å². The van der Waals surface area contributed by atoms with Gasteiger partial charge in [-0.3, -0.25) is 4.72 Å². The molecule has 0 saturated heterocycles. The van der Waals surface area contributed by atoms with E-state index in [0.29, 0.717) is 11.5 Å². The smallest absolute Gasteiger partial charge is 0.280 e. The zero-order valence-corrected chi connectivity index (χ0v) is 14.3. The van der Waals surface area contributed by atoms with Gasteiger partial charge in [0.2, 0.25) is 0 Å². The first-order valence-corrected chi connectivity index (χ1v) is 8.80. The minimum atomic E-state index is -3.64. The topological polar surface area (TPSA) is 64.0 Å². The second kappa shape index (κ2) is 6.13. The molecule has 0 fully saturated rings. The van der Waals surface area contributed by atoms with Crippen molar-refractivity contribution in [1.29, 1.82) is 0 Å². The molecule has 5 nitrogen and oxygen atoms in total. The average Bonchev–Trinajstić information content (AvgIpc) is 2.72. The van der Waals surface area contributed by atoms with Gasteiger partial charge in [-0.2, -0.15) is 8.42 Å². The van der Waals surface area contributed by atoms with Crippen LogP contribution in [0.4, 0.5) is 5.69 Å². The number of anilines is 1. The second-order valence-electron chi connectivity index (χ2n) is 4.44. The number of aryl methyl sites for hydroxylation is 2. The van der Waals surface area contributed by atoms with E-state index in [1.807, 2.05) is 17.6 Å². The van der Waals surface area contributed by atoms with Crippen LogP contribution < -0.4 is 4.72 Å². The number of rotatable bonds is 5. The molecule has 2 rings (SSSR count). The SMILES string of the molecule is CCCn1cc(S(=O)(=O)Nc2cccc(I)c2)nc1C. The van der Waals surface area contributed by atoms with E-state index in [9.17, 15) is 8.42 Å². The third-order valence-corrected chi connectivity index (χ3v) is 4.69. The minimum absolute atomic E-state index is 0.0577. The van der Waals surface area contributed by atoms with Gasteiger partial charge < -0.3 is 4.57 Å². The Kier molecular flexibility index (Phi) is 4.69. The van der Waals surface area contributed by atoms with E-state index in [2.05, 4.69) is 32.3 Å². The van der Waals surface area contributed by atoms with Gasteiger partial charge in [-0.15, -0.1) is 0 Å². The first-order chi connectivity index (χ1) is 9.42. The summed E-state index contributed by atoms with van der Waals surface area (Å²) in [6.45, 7) is 4.61. The molecule has 0 aliphatic heterocycles. The molecule has 0 amide bonds. The lowest BCUT2D eigenvalue weighted by atomic mass is 10.3. The fourth-order valence-electron chi connectivity index (χ4n) is 1.84. The van der Waals surface area contributed by atoms with Crippen molar-refractivity contribution in [2.75, 3.05) is 4.72 Å². The van der Waals surface area contributed by atoms with Crippen LogP contribution in [0.3, 0.4) is 0 Å². The Balaban J connectivity index is 2.28. The van der Waals surface area contributed by atoms with Gasteiger partial charge in [0.25, 0.3) is 10.0 Å². The number of benzene rings is 1. The van der Waals surface area contributed by atoms with Crippen LogP contribution in [0, 0.1) is 10.5 Å². The Morgan fingerprint density at radius 2 is 2.15 bits per heavy atom. The molecular weight excluding hydrogens is 389 g/mol. The van der Waals surface area contributed by atoms with E-state index >= 15 is 0 Å². The van der Waals surface area contributed by atoms with Crippen LogP contribution in [0.25, 0.3) is 0 Å². The van der Waals surface area contributed by atoms with Crippen LogP contribution in [-0.2, 0) is 16.6 Å². The highest BCUT2D eigenvalue weighted by Gasteiger charge is 2.19. The van der Waals surface area contributed by atoms with Crippen molar-refractivity contribution in [3.63, 3.8) is 0 Å². The summed E-state index contributed by atoms with van der Waals surface area (Å²) < 4.78 is 30.0. The molecule has 1 heterocycles. The molecule has 108 valence electrons. The summed E-state index contributed by atoms with van der Waals surface area (Å²) in [5, 5.41) is 0.0577. The molecule has 0 saturated carbocycles. The van der Waals surface area contributed by atoms with E-state index < -0.39 is 10.0 Å². The van der Waals surface area contributed by atoms with E-state index in [1.165, 1.54) is 0 Å². The Bertz CT molecular complexity index is 710. The average molecular weight is 405 g/mol. The number of nitrogens with one attached hydrogen (secondary N) is 1. The highest BCUT2D eigenvalue weighted by Crippen LogP contribution is 2.18. The van der Waals surface area contributed by atoms with Crippen molar-refractivity contribution in [3.8, 4) is 0 Å². The summed E-state index contributed by atoms with van der Waals surface area (Å²) in [5.41, 5.74) is 0.541. The normalized spacial score (nSPS) is 11.6. The molecule has 0 unspecified atom stereocenters. The summed E-state index contributed by atoms with van der Waals surface area (Å²) in [6.07, 6.45) is 2.51. The molecule has 0 aliphatic carbocycles. The molecule has 20 heavy (non-hydrogen) atoms. The van der Waals surface area contributed by atoms with Crippen LogP contribution in [-0.4, -0.2) is 18.0 Å². The lowest BCUT2D eigenvalue weighted by Gasteiger charge is -2.05. The van der Waals surface area contributed by atoms with Gasteiger partial charge in [0.1, 0.15) is 5.82 Å². The van der Waals surface area contributed by atoms with E-state index in [0.717, 1.165) is 16.5 Å². The third kappa shape index (κ3) is 3.51. The number of nitrogens with zero attached hydrogens (tertiary/aromatic N) is 2. The number of imidazole rings is 1. The molecule has 1 aromatic heterocycles. The van der Waals surface area contributed by atoms with E-state index in [4.69, 9.17) is 0 Å². The molecule has 2 aromatic rings. The lowest BCUT2D eigenvalue weighted by Crippen LogP contribution is -2.13. The molecule has 1 N–H and O–H groups in total. The maximum atomic E-state index is 12.3. The summed E-state index contributed by atoms with van der Waals surface area (Å²) in [4.78, 5) is 4.13. The Morgan fingerprint density at radius 1 is 1.40 bits per heavy atom. The minimum Gasteiger partial charge on any atom is -0.334 e. The second-order valence-corrected chi connectivity index (χ2v) is 7.31. The zero-order valence-electron chi connectivity index (χ0n) is 11.3. The van der Waals surface area contributed by atoms with Crippen LogP contribution in [0.15, 0.2) is 35.5 Å². The van der Waals surface area contributed by atoms with Gasteiger partial charge in [0.05, 0.1) is 0 Å². The summed E-state index contributed by atoms with van der Waals surface area (Å²) in [5.74, 6) is 0.704. The molecule has 0 bridgehead atoms. The fraction of sp³-hybridized carbons (Fsp3) is 0.308. The molecule has 0 aliphatic rings. The number of aromatic nitrogens is 2. The van der Waals surface area contributed by atoms with E-state index in [1.54, 1.807) is 31.3 Å². The zero-order chi connectivity index (χ0) is 14.8. The molecule has 0 atom stereocenters. The van der Waals surface area contributed by atoms with Crippen molar-refractivity contribution in [3.05, 3.63) is 39.9 Å². The van der Waals surface area contributed by atoms with Crippen molar-refractivity contribution >= 4 is 38.3 Å². The van der Waals surface area contributed by atoms with Crippen LogP contribution in [0.1, 0.15) is 19.2 Å². The van der Waals surface area contributed by atoms with Gasteiger partial charge in [0.15, 0.2) is 5.03 Å². The summed E-state index contributed by atoms with van der Waals surface area (Å²) in [7, 11) is -3.64. The largest absolute Gasteiger partial charge is 0.334 e. The van der Waals surface area contributed by atoms with Crippen molar-refractivity contribution < 1.29 is 8.42 Å². The number of hydrogen-bond acceptors (Lipinski definition) is 3. The van der Waals surface area contributed by atoms with E-state index in [-0.39, 0.29) is 5.03 Å². The quantitative estimate of drug-likeness (QED) is 0.778. The summed E-state index contributed by atoms with van der Waals surface area (Å²) >= 11 is 2.14. The predicted molar refractivity (Wildman–Crippen MR) is 87.2 cm³/mol. The highest BCUT2D eigenvalue weighted by molar-refractivity contribution is 14.1. The third-order valence-electron chi connectivity index (χ3n) is 2.77.